The Bertz CT molecular complexity index is 788. The van der Waals surface area contributed by atoms with Crippen LogP contribution in [0.25, 0.3) is 0 Å². The zero-order chi connectivity index (χ0) is 15.6. The van der Waals surface area contributed by atoms with Gasteiger partial charge >= 0.3 is 0 Å². The fourth-order valence-electron chi connectivity index (χ4n) is 1.87. The summed E-state index contributed by atoms with van der Waals surface area (Å²) in [6, 6.07) is 12.3. The Hall–Kier alpha value is -2.12. The van der Waals surface area contributed by atoms with E-state index in [0.717, 1.165) is 4.31 Å². The van der Waals surface area contributed by atoms with E-state index in [0.29, 0.717) is 11.3 Å². The molecule has 0 aliphatic carbocycles. The lowest BCUT2D eigenvalue weighted by Crippen LogP contribution is -2.28. The van der Waals surface area contributed by atoms with E-state index < -0.39 is 10.0 Å². The fourth-order valence-corrected chi connectivity index (χ4v) is 3.51. The summed E-state index contributed by atoms with van der Waals surface area (Å²) in [5.74, 6) is -0.0165. The zero-order valence-corrected chi connectivity index (χ0v) is 12.9. The average Bonchev–Trinajstić information content (AvgIpc) is 2.46. The minimum absolute atomic E-state index is 0.0125. The quantitative estimate of drug-likeness (QED) is 0.839. The highest BCUT2D eigenvalue weighted by Crippen LogP contribution is 2.26. The Labute approximate surface area is 128 Å². The van der Waals surface area contributed by atoms with Crippen molar-refractivity contribution in [1.29, 1.82) is 0 Å². The minimum Gasteiger partial charge on any atom is -0.508 e. The van der Waals surface area contributed by atoms with Crippen LogP contribution >= 0.6 is 12.2 Å². The summed E-state index contributed by atoms with van der Waals surface area (Å²) in [6.07, 6.45) is 0. The van der Waals surface area contributed by atoms with E-state index in [9.17, 15) is 13.5 Å². The van der Waals surface area contributed by atoms with Crippen LogP contribution in [0.5, 0.6) is 5.75 Å². The molecule has 3 N–H and O–H groups in total. The third-order valence-electron chi connectivity index (χ3n) is 2.98. The molecule has 0 unspecified atom stereocenters. The number of phenols is 1. The van der Waals surface area contributed by atoms with Crippen molar-refractivity contribution in [3.8, 4) is 5.75 Å². The average molecular weight is 322 g/mol. The van der Waals surface area contributed by atoms with Crippen LogP contribution in [0.1, 0.15) is 5.56 Å². The number of nitrogens with two attached hydrogens (primary N) is 1. The normalized spacial score (nSPS) is 11.1. The first kappa shape index (κ1) is 15.3. The number of sulfonamides is 1. The second-order valence-corrected chi connectivity index (χ2v) is 6.73. The van der Waals surface area contributed by atoms with Crippen LogP contribution in [-0.2, 0) is 10.0 Å². The van der Waals surface area contributed by atoms with Gasteiger partial charge in [0.05, 0.1) is 10.6 Å². The second kappa shape index (κ2) is 5.71. The molecule has 0 saturated heterocycles. The lowest BCUT2D eigenvalue weighted by molar-refractivity contribution is 0.475. The van der Waals surface area contributed by atoms with Gasteiger partial charge in [0.25, 0.3) is 10.0 Å². The Morgan fingerprint density at radius 3 is 2.48 bits per heavy atom. The molecule has 0 bridgehead atoms. The van der Waals surface area contributed by atoms with Gasteiger partial charge in [0.2, 0.25) is 0 Å². The maximum Gasteiger partial charge on any atom is 0.264 e. The van der Waals surface area contributed by atoms with Gasteiger partial charge in [0.1, 0.15) is 10.7 Å². The summed E-state index contributed by atoms with van der Waals surface area (Å²) in [7, 11) is -2.43. The van der Waals surface area contributed by atoms with Crippen molar-refractivity contribution >= 4 is 32.9 Å². The van der Waals surface area contributed by atoms with Gasteiger partial charge in [-0.05, 0) is 18.2 Å². The molecule has 0 aromatic heterocycles. The van der Waals surface area contributed by atoms with E-state index >= 15 is 0 Å². The number of nitrogens with zero attached hydrogens (tertiary/aromatic N) is 1. The number of hydrogen-bond acceptors (Lipinski definition) is 4. The lowest BCUT2D eigenvalue weighted by Gasteiger charge is -2.21. The van der Waals surface area contributed by atoms with E-state index in [1.54, 1.807) is 30.3 Å². The topological polar surface area (TPSA) is 83.6 Å². The SMILES string of the molecule is CN(c1cccc(O)c1)S(=O)(=O)c1ccccc1C(N)=S. The Kier molecular flexibility index (Phi) is 4.15. The van der Waals surface area contributed by atoms with E-state index in [-0.39, 0.29) is 15.6 Å². The Balaban J connectivity index is 2.55. The molecular weight excluding hydrogens is 308 g/mol. The second-order valence-electron chi connectivity index (χ2n) is 4.35. The molecular formula is C14H14N2O3S2. The number of phenolic OH excluding ortho intramolecular Hbond substituents is 1. The fraction of sp³-hybridized carbons (Fsp3) is 0.0714. The number of aromatic hydroxyl groups is 1. The van der Waals surface area contributed by atoms with Gasteiger partial charge in [-0.1, -0.05) is 36.5 Å². The molecule has 0 aliphatic rings. The van der Waals surface area contributed by atoms with Crippen molar-refractivity contribution in [3.63, 3.8) is 0 Å². The van der Waals surface area contributed by atoms with Crippen molar-refractivity contribution < 1.29 is 13.5 Å². The van der Waals surface area contributed by atoms with Crippen molar-refractivity contribution in [3.05, 3.63) is 54.1 Å². The summed E-state index contributed by atoms with van der Waals surface area (Å²) >= 11 is 4.90. The largest absolute Gasteiger partial charge is 0.508 e. The minimum atomic E-state index is -3.83. The Morgan fingerprint density at radius 1 is 1.19 bits per heavy atom. The smallest absolute Gasteiger partial charge is 0.264 e. The molecule has 0 amide bonds. The highest BCUT2D eigenvalue weighted by atomic mass is 32.2. The molecule has 0 radical (unpaired) electrons. The monoisotopic (exact) mass is 322 g/mol. The molecule has 0 fully saturated rings. The summed E-state index contributed by atoms with van der Waals surface area (Å²) < 4.78 is 26.5. The van der Waals surface area contributed by atoms with Gasteiger partial charge in [-0.2, -0.15) is 0 Å². The first-order valence-electron chi connectivity index (χ1n) is 6.01. The van der Waals surface area contributed by atoms with Crippen LogP contribution in [0.3, 0.4) is 0 Å². The van der Waals surface area contributed by atoms with E-state index in [4.69, 9.17) is 18.0 Å². The summed E-state index contributed by atoms with van der Waals surface area (Å²) in [5.41, 5.74) is 6.21. The van der Waals surface area contributed by atoms with Gasteiger partial charge < -0.3 is 10.8 Å². The molecule has 0 spiro atoms. The van der Waals surface area contributed by atoms with Gasteiger partial charge in [-0.25, -0.2) is 8.42 Å². The number of thiocarbonyl (C=S) groups is 1. The first-order chi connectivity index (χ1) is 9.84. The molecule has 2 rings (SSSR count). The molecule has 0 aliphatic heterocycles. The van der Waals surface area contributed by atoms with Crippen molar-refractivity contribution in [2.24, 2.45) is 5.73 Å². The van der Waals surface area contributed by atoms with Crippen LogP contribution in [0, 0.1) is 0 Å². The third-order valence-corrected chi connectivity index (χ3v) is 5.05. The molecule has 0 atom stereocenters. The van der Waals surface area contributed by atoms with Gasteiger partial charge in [-0.3, -0.25) is 4.31 Å². The number of benzene rings is 2. The molecule has 2 aromatic carbocycles. The van der Waals surface area contributed by atoms with Crippen molar-refractivity contribution in [2.75, 3.05) is 11.4 Å². The van der Waals surface area contributed by atoms with Crippen LogP contribution < -0.4 is 10.0 Å². The van der Waals surface area contributed by atoms with E-state index in [1.165, 1.54) is 25.2 Å². The highest BCUT2D eigenvalue weighted by Gasteiger charge is 2.25. The third kappa shape index (κ3) is 2.98. The lowest BCUT2D eigenvalue weighted by atomic mass is 10.2. The number of hydrogen-bond donors (Lipinski definition) is 2. The van der Waals surface area contributed by atoms with Crippen LogP contribution in [-0.4, -0.2) is 25.6 Å². The van der Waals surface area contributed by atoms with Crippen molar-refractivity contribution in [2.45, 2.75) is 4.90 Å². The standard InChI is InChI=1S/C14H14N2O3S2/c1-16(10-5-4-6-11(17)9-10)21(18,19)13-8-3-2-7-12(13)14(15)20/h2-9,17H,1H3,(H2,15,20). The maximum atomic E-state index is 12.7. The van der Waals surface area contributed by atoms with Crippen molar-refractivity contribution in [1.82, 2.24) is 0 Å². The van der Waals surface area contributed by atoms with E-state index in [2.05, 4.69) is 0 Å². The van der Waals surface area contributed by atoms with Gasteiger partial charge in [0, 0.05) is 18.7 Å². The zero-order valence-electron chi connectivity index (χ0n) is 11.2. The number of anilines is 1. The Morgan fingerprint density at radius 2 is 1.86 bits per heavy atom. The van der Waals surface area contributed by atoms with Crippen LogP contribution in [0.15, 0.2) is 53.4 Å². The van der Waals surface area contributed by atoms with Gasteiger partial charge in [0.15, 0.2) is 0 Å². The molecule has 21 heavy (non-hydrogen) atoms. The molecule has 7 heteroatoms. The summed E-state index contributed by atoms with van der Waals surface area (Å²) in [4.78, 5) is 0.0434. The predicted molar refractivity (Wildman–Crippen MR) is 86.0 cm³/mol. The molecule has 0 heterocycles. The first-order valence-corrected chi connectivity index (χ1v) is 7.85. The predicted octanol–water partition coefficient (Wildman–Crippen LogP) is 1.85. The summed E-state index contributed by atoms with van der Waals surface area (Å²) in [6.45, 7) is 0. The number of rotatable bonds is 4. The maximum absolute atomic E-state index is 12.7. The molecule has 5 nitrogen and oxygen atoms in total. The van der Waals surface area contributed by atoms with E-state index in [1.807, 2.05) is 0 Å². The molecule has 2 aromatic rings. The highest BCUT2D eigenvalue weighted by molar-refractivity contribution is 7.93. The summed E-state index contributed by atoms with van der Waals surface area (Å²) in [5, 5.41) is 9.48. The van der Waals surface area contributed by atoms with Crippen LogP contribution in [0.4, 0.5) is 5.69 Å². The molecule has 110 valence electrons. The van der Waals surface area contributed by atoms with Gasteiger partial charge in [-0.15, -0.1) is 0 Å². The van der Waals surface area contributed by atoms with Crippen LogP contribution in [0.2, 0.25) is 0 Å². The molecule has 0 saturated carbocycles.